The molecule has 1 aromatic heterocycles. The van der Waals surface area contributed by atoms with Gasteiger partial charge in [0.2, 0.25) is 5.95 Å². The lowest BCUT2D eigenvalue weighted by Gasteiger charge is -2.04. The Hall–Kier alpha value is -3.33. The Kier molecular flexibility index (Phi) is 3.98. The highest BCUT2D eigenvalue weighted by Crippen LogP contribution is 2.16. The van der Waals surface area contributed by atoms with Crippen LogP contribution in [0.4, 0.5) is 5.95 Å². The normalized spacial score (nSPS) is 10.7. The van der Waals surface area contributed by atoms with Crippen LogP contribution in [0.5, 0.6) is 5.75 Å². The van der Waals surface area contributed by atoms with Gasteiger partial charge in [-0.15, -0.1) is 0 Å². The maximum Gasteiger partial charge on any atom is 0.222 e. The predicted octanol–water partition coefficient (Wildman–Crippen LogP) is 2.91. The zero-order chi connectivity index (χ0) is 15.2. The molecule has 0 amide bonds. The molecule has 0 aliphatic heterocycles. The van der Waals surface area contributed by atoms with Crippen LogP contribution < -0.4 is 10.2 Å². The average Bonchev–Trinajstić information content (AvgIpc) is 2.96. The fraction of sp³-hybridized carbons (Fsp3) is 0.0625. The molecule has 2 aromatic carbocycles. The van der Waals surface area contributed by atoms with Gasteiger partial charge in [0.15, 0.2) is 6.61 Å². The van der Waals surface area contributed by atoms with E-state index in [1.807, 2.05) is 48.5 Å². The van der Waals surface area contributed by atoms with Crippen molar-refractivity contribution < 1.29 is 4.74 Å². The summed E-state index contributed by atoms with van der Waals surface area (Å²) in [7, 11) is 0. The SMILES string of the molecule is N#CCOc1ccccc1C=NNc1nc2ccccc2[nH]1. The van der Waals surface area contributed by atoms with E-state index in [1.54, 1.807) is 12.3 Å². The minimum absolute atomic E-state index is 0.00184. The Bertz CT molecular complexity index is 814. The van der Waals surface area contributed by atoms with Gasteiger partial charge in [0.25, 0.3) is 0 Å². The lowest BCUT2D eigenvalue weighted by molar-refractivity contribution is 0.367. The summed E-state index contributed by atoms with van der Waals surface area (Å²) in [6.45, 7) is 0.00184. The van der Waals surface area contributed by atoms with Gasteiger partial charge in [0.1, 0.15) is 11.8 Å². The molecule has 108 valence electrons. The van der Waals surface area contributed by atoms with Crippen LogP contribution in [0, 0.1) is 11.3 Å². The molecule has 3 aromatic rings. The van der Waals surface area contributed by atoms with Crippen LogP contribution in [-0.4, -0.2) is 22.8 Å². The molecule has 0 saturated carbocycles. The minimum atomic E-state index is 0.00184. The van der Waals surface area contributed by atoms with E-state index in [2.05, 4.69) is 20.5 Å². The molecule has 2 N–H and O–H groups in total. The number of ether oxygens (including phenoxy) is 1. The molecule has 0 aliphatic rings. The first-order chi connectivity index (χ1) is 10.9. The van der Waals surface area contributed by atoms with Crippen molar-refractivity contribution >= 4 is 23.2 Å². The molecule has 6 nitrogen and oxygen atoms in total. The number of imidazole rings is 1. The van der Waals surface area contributed by atoms with Gasteiger partial charge in [-0.05, 0) is 24.3 Å². The zero-order valence-electron chi connectivity index (χ0n) is 11.7. The quantitative estimate of drug-likeness (QED) is 0.559. The van der Waals surface area contributed by atoms with Gasteiger partial charge in [0.05, 0.1) is 17.2 Å². The van der Waals surface area contributed by atoms with Crippen molar-refractivity contribution in [3.63, 3.8) is 0 Å². The van der Waals surface area contributed by atoms with Crippen LogP contribution in [0.15, 0.2) is 53.6 Å². The number of fused-ring (bicyclic) bond motifs is 1. The molecule has 0 aliphatic carbocycles. The molecule has 6 heteroatoms. The van der Waals surface area contributed by atoms with E-state index in [0.29, 0.717) is 11.7 Å². The molecule has 0 bridgehead atoms. The maximum absolute atomic E-state index is 8.58. The molecule has 22 heavy (non-hydrogen) atoms. The van der Waals surface area contributed by atoms with E-state index >= 15 is 0 Å². The van der Waals surface area contributed by atoms with Gasteiger partial charge in [-0.1, -0.05) is 24.3 Å². The molecule has 0 saturated heterocycles. The topological polar surface area (TPSA) is 86.1 Å². The third-order valence-electron chi connectivity index (χ3n) is 2.97. The fourth-order valence-electron chi connectivity index (χ4n) is 2.00. The van der Waals surface area contributed by atoms with E-state index in [-0.39, 0.29) is 6.61 Å². The Balaban J connectivity index is 1.73. The number of hydrazone groups is 1. The highest BCUT2D eigenvalue weighted by molar-refractivity contribution is 5.84. The summed E-state index contributed by atoms with van der Waals surface area (Å²) in [6.07, 6.45) is 1.62. The Labute approximate surface area is 127 Å². The van der Waals surface area contributed by atoms with Crippen molar-refractivity contribution in [3.8, 4) is 11.8 Å². The van der Waals surface area contributed by atoms with Crippen LogP contribution in [0.1, 0.15) is 5.56 Å². The third kappa shape index (κ3) is 3.04. The number of nitrogens with one attached hydrogen (secondary N) is 2. The van der Waals surface area contributed by atoms with Gasteiger partial charge in [-0.25, -0.2) is 10.4 Å². The van der Waals surface area contributed by atoms with Crippen molar-refractivity contribution in [2.75, 3.05) is 12.0 Å². The zero-order valence-corrected chi connectivity index (χ0v) is 11.7. The predicted molar refractivity (Wildman–Crippen MR) is 84.9 cm³/mol. The number of aromatic nitrogens is 2. The van der Waals surface area contributed by atoms with Crippen LogP contribution in [0.25, 0.3) is 11.0 Å². The lowest BCUT2D eigenvalue weighted by Crippen LogP contribution is -1.98. The number of hydrogen-bond acceptors (Lipinski definition) is 5. The Morgan fingerprint density at radius 1 is 1.23 bits per heavy atom. The summed E-state index contributed by atoms with van der Waals surface area (Å²) in [5.41, 5.74) is 5.44. The molecule has 0 spiro atoms. The van der Waals surface area contributed by atoms with Gasteiger partial charge in [-0.2, -0.15) is 10.4 Å². The van der Waals surface area contributed by atoms with Gasteiger partial charge in [0, 0.05) is 5.56 Å². The first kappa shape index (κ1) is 13.6. The Morgan fingerprint density at radius 3 is 2.91 bits per heavy atom. The fourth-order valence-corrected chi connectivity index (χ4v) is 2.00. The molecule has 0 atom stereocenters. The van der Waals surface area contributed by atoms with Crippen molar-refractivity contribution in [1.82, 2.24) is 9.97 Å². The molecule has 0 unspecified atom stereocenters. The molecular weight excluding hydrogens is 278 g/mol. The van der Waals surface area contributed by atoms with Gasteiger partial charge < -0.3 is 9.72 Å². The smallest absolute Gasteiger partial charge is 0.222 e. The largest absolute Gasteiger partial charge is 0.478 e. The van der Waals surface area contributed by atoms with Gasteiger partial charge >= 0.3 is 0 Å². The highest BCUT2D eigenvalue weighted by atomic mass is 16.5. The van der Waals surface area contributed by atoms with Gasteiger partial charge in [-0.3, -0.25) is 0 Å². The molecule has 3 rings (SSSR count). The van der Waals surface area contributed by atoms with E-state index < -0.39 is 0 Å². The monoisotopic (exact) mass is 291 g/mol. The second-order valence-corrected chi connectivity index (χ2v) is 4.46. The molecule has 0 fully saturated rings. The van der Waals surface area contributed by atoms with E-state index in [0.717, 1.165) is 16.6 Å². The number of aromatic amines is 1. The van der Waals surface area contributed by atoms with Crippen molar-refractivity contribution in [2.45, 2.75) is 0 Å². The molecule has 0 radical (unpaired) electrons. The third-order valence-corrected chi connectivity index (χ3v) is 2.97. The van der Waals surface area contributed by atoms with Crippen molar-refractivity contribution in [1.29, 1.82) is 5.26 Å². The molecular formula is C16H13N5O. The van der Waals surface area contributed by atoms with Crippen LogP contribution >= 0.6 is 0 Å². The Morgan fingerprint density at radius 2 is 2.05 bits per heavy atom. The standard InChI is InChI=1S/C16H13N5O/c17-9-10-22-15-8-4-1-5-12(15)11-18-21-16-19-13-6-2-3-7-14(13)20-16/h1-8,11H,10H2,(H2,19,20,21). The number of nitrogens with zero attached hydrogens (tertiary/aromatic N) is 3. The number of H-pyrrole nitrogens is 1. The first-order valence-electron chi connectivity index (χ1n) is 6.69. The van der Waals surface area contributed by atoms with Crippen LogP contribution in [0.2, 0.25) is 0 Å². The first-order valence-corrected chi connectivity index (χ1v) is 6.69. The number of anilines is 1. The summed E-state index contributed by atoms with van der Waals surface area (Å²) in [5.74, 6) is 1.17. The van der Waals surface area contributed by atoms with E-state index in [9.17, 15) is 0 Å². The summed E-state index contributed by atoms with van der Waals surface area (Å²) in [5, 5.41) is 12.7. The maximum atomic E-state index is 8.58. The number of benzene rings is 2. The molecule has 1 heterocycles. The number of nitriles is 1. The van der Waals surface area contributed by atoms with E-state index in [1.165, 1.54) is 0 Å². The summed E-state index contributed by atoms with van der Waals surface area (Å²) in [4.78, 5) is 7.48. The average molecular weight is 291 g/mol. The van der Waals surface area contributed by atoms with Crippen LogP contribution in [0.3, 0.4) is 0 Å². The second kappa shape index (κ2) is 6.41. The number of para-hydroxylation sites is 3. The lowest BCUT2D eigenvalue weighted by atomic mass is 10.2. The summed E-state index contributed by atoms with van der Waals surface area (Å²) in [6, 6.07) is 17.1. The second-order valence-electron chi connectivity index (χ2n) is 4.46. The van der Waals surface area contributed by atoms with E-state index in [4.69, 9.17) is 10.00 Å². The number of hydrogen-bond donors (Lipinski definition) is 2. The highest BCUT2D eigenvalue weighted by Gasteiger charge is 2.01. The van der Waals surface area contributed by atoms with Crippen molar-refractivity contribution in [2.24, 2.45) is 5.10 Å². The van der Waals surface area contributed by atoms with Crippen molar-refractivity contribution in [3.05, 3.63) is 54.1 Å². The summed E-state index contributed by atoms with van der Waals surface area (Å²) < 4.78 is 5.33. The summed E-state index contributed by atoms with van der Waals surface area (Å²) >= 11 is 0. The van der Waals surface area contributed by atoms with Crippen LogP contribution in [-0.2, 0) is 0 Å². The minimum Gasteiger partial charge on any atom is -0.478 e. The number of rotatable bonds is 5.